The molecule has 0 saturated carbocycles. The molecule has 6 heteroatoms. The molecule has 0 N–H and O–H groups in total. The second kappa shape index (κ2) is 5.25. The molecule has 0 atom stereocenters. The highest BCUT2D eigenvalue weighted by atomic mass is 35.5. The van der Waals surface area contributed by atoms with Gasteiger partial charge in [0, 0.05) is 20.0 Å². The standard InChI is InChI=1S/C14H16ClN5/c1-10-4-3-5-11-14(10)17-13(8-15)20(11)7-6-12-16-9-19(2)18-12/h3-5,9H,6-8H2,1-2H3. The van der Waals surface area contributed by atoms with Crippen LogP contribution < -0.4 is 0 Å². The second-order valence-electron chi connectivity index (χ2n) is 4.84. The zero-order valence-electron chi connectivity index (χ0n) is 11.5. The van der Waals surface area contributed by atoms with Gasteiger partial charge in [-0.1, -0.05) is 12.1 Å². The number of halogens is 1. The summed E-state index contributed by atoms with van der Waals surface area (Å²) in [6.07, 6.45) is 2.48. The third-order valence-corrected chi connectivity index (χ3v) is 3.62. The van der Waals surface area contributed by atoms with Crippen LogP contribution >= 0.6 is 11.6 Å². The maximum Gasteiger partial charge on any atom is 0.152 e. The summed E-state index contributed by atoms with van der Waals surface area (Å²) in [5.74, 6) is 2.14. The second-order valence-corrected chi connectivity index (χ2v) is 5.11. The number of aryl methyl sites for hydroxylation is 4. The number of aromatic nitrogens is 5. The Hall–Kier alpha value is -1.88. The summed E-state index contributed by atoms with van der Waals surface area (Å²) >= 11 is 6.02. The quantitative estimate of drug-likeness (QED) is 0.693. The van der Waals surface area contributed by atoms with Gasteiger partial charge in [-0.3, -0.25) is 4.68 Å². The molecule has 20 heavy (non-hydrogen) atoms. The Balaban J connectivity index is 1.95. The molecular formula is C14H16ClN5. The first-order valence-corrected chi connectivity index (χ1v) is 7.07. The zero-order chi connectivity index (χ0) is 14.1. The molecule has 5 nitrogen and oxygen atoms in total. The van der Waals surface area contributed by atoms with Crippen molar-refractivity contribution < 1.29 is 0 Å². The molecule has 104 valence electrons. The van der Waals surface area contributed by atoms with Crippen LogP contribution in [0, 0.1) is 6.92 Å². The summed E-state index contributed by atoms with van der Waals surface area (Å²) in [4.78, 5) is 8.89. The Kier molecular flexibility index (Phi) is 3.44. The summed E-state index contributed by atoms with van der Waals surface area (Å²) in [6.45, 7) is 2.85. The number of alkyl halides is 1. The third kappa shape index (κ3) is 2.29. The fraction of sp³-hybridized carbons (Fsp3) is 0.357. The van der Waals surface area contributed by atoms with Crippen LogP contribution in [0.3, 0.4) is 0 Å². The Morgan fingerprint density at radius 2 is 2.15 bits per heavy atom. The van der Waals surface area contributed by atoms with Crippen molar-refractivity contribution in [3.05, 3.63) is 41.7 Å². The topological polar surface area (TPSA) is 48.5 Å². The molecule has 3 rings (SSSR count). The highest BCUT2D eigenvalue weighted by Crippen LogP contribution is 2.21. The number of fused-ring (bicyclic) bond motifs is 1. The summed E-state index contributed by atoms with van der Waals surface area (Å²) in [7, 11) is 1.87. The molecule has 2 aromatic heterocycles. The van der Waals surface area contributed by atoms with Gasteiger partial charge in [0.25, 0.3) is 0 Å². The SMILES string of the molecule is Cc1cccc2c1nc(CCl)n2CCc1ncn(C)n1. The normalized spacial score (nSPS) is 11.3. The van der Waals surface area contributed by atoms with Crippen molar-refractivity contribution in [3.63, 3.8) is 0 Å². The molecule has 0 aliphatic carbocycles. The van der Waals surface area contributed by atoms with E-state index in [1.807, 2.05) is 13.1 Å². The molecule has 0 fully saturated rings. The summed E-state index contributed by atoms with van der Waals surface area (Å²) < 4.78 is 3.87. The van der Waals surface area contributed by atoms with Crippen molar-refractivity contribution in [2.45, 2.75) is 25.8 Å². The number of nitrogens with zero attached hydrogens (tertiary/aromatic N) is 5. The third-order valence-electron chi connectivity index (χ3n) is 3.39. The van der Waals surface area contributed by atoms with E-state index >= 15 is 0 Å². The predicted molar refractivity (Wildman–Crippen MR) is 78.7 cm³/mol. The lowest BCUT2D eigenvalue weighted by molar-refractivity contribution is 0.654. The number of imidazole rings is 1. The molecule has 0 amide bonds. The molecule has 2 heterocycles. The van der Waals surface area contributed by atoms with Gasteiger partial charge in [-0.25, -0.2) is 9.97 Å². The number of hydrogen-bond donors (Lipinski definition) is 0. The van der Waals surface area contributed by atoms with Gasteiger partial charge in [-0.2, -0.15) is 5.10 Å². The summed E-state index contributed by atoms with van der Waals surface area (Å²) in [6, 6.07) is 6.20. The van der Waals surface area contributed by atoms with E-state index in [2.05, 4.69) is 38.7 Å². The molecule has 1 aromatic carbocycles. The van der Waals surface area contributed by atoms with Gasteiger partial charge in [0.2, 0.25) is 0 Å². The van der Waals surface area contributed by atoms with Crippen molar-refractivity contribution >= 4 is 22.6 Å². The minimum Gasteiger partial charge on any atom is -0.327 e. The minimum atomic E-state index is 0.407. The number of rotatable bonds is 4. The van der Waals surface area contributed by atoms with E-state index in [1.54, 1.807) is 11.0 Å². The zero-order valence-corrected chi connectivity index (χ0v) is 12.3. The van der Waals surface area contributed by atoms with Gasteiger partial charge >= 0.3 is 0 Å². The highest BCUT2D eigenvalue weighted by molar-refractivity contribution is 6.16. The fourth-order valence-corrected chi connectivity index (χ4v) is 2.60. The van der Waals surface area contributed by atoms with Crippen molar-refractivity contribution in [2.24, 2.45) is 7.05 Å². The van der Waals surface area contributed by atoms with E-state index in [9.17, 15) is 0 Å². The van der Waals surface area contributed by atoms with Crippen molar-refractivity contribution in [3.8, 4) is 0 Å². The lowest BCUT2D eigenvalue weighted by Gasteiger charge is -2.06. The molecule has 0 aliphatic heterocycles. The van der Waals surface area contributed by atoms with Crippen molar-refractivity contribution in [1.82, 2.24) is 24.3 Å². The van der Waals surface area contributed by atoms with Gasteiger partial charge in [-0.15, -0.1) is 11.6 Å². The van der Waals surface area contributed by atoms with E-state index in [0.29, 0.717) is 5.88 Å². The van der Waals surface area contributed by atoms with E-state index in [0.717, 1.165) is 35.6 Å². The average Bonchev–Trinajstić information content (AvgIpc) is 3.01. The van der Waals surface area contributed by atoms with Gasteiger partial charge in [0.05, 0.1) is 16.9 Å². The first-order valence-electron chi connectivity index (χ1n) is 6.54. The smallest absolute Gasteiger partial charge is 0.152 e. The molecule has 0 spiro atoms. The van der Waals surface area contributed by atoms with Crippen molar-refractivity contribution in [2.75, 3.05) is 0 Å². The maximum atomic E-state index is 6.02. The van der Waals surface area contributed by atoms with Crippen LogP contribution in [0.15, 0.2) is 24.5 Å². The highest BCUT2D eigenvalue weighted by Gasteiger charge is 2.12. The van der Waals surface area contributed by atoms with Crippen LogP contribution in [0.25, 0.3) is 11.0 Å². The lowest BCUT2D eigenvalue weighted by atomic mass is 10.2. The molecule has 0 bridgehead atoms. The Bertz CT molecular complexity index is 743. The van der Waals surface area contributed by atoms with Crippen LogP contribution in [-0.2, 0) is 25.9 Å². The Morgan fingerprint density at radius 3 is 2.85 bits per heavy atom. The molecule has 0 unspecified atom stereocenters. The molecular weight excluding hydrogens is 274 g/mol. The van der Waals surface area contributed by atoms with Crippen LogP contribution in [0.2, 0.25) is 0 Å². The first kappa shape index (κ1) is 13.1. The van der Waals surface area contributed by atoms with Crippen LogP contribution in [0.5, 0.6) is 0 Å². The van der Waals surface area contributed by atoms with E-state index < -0.39 is 0 Å². The van der Waals surface area contributed by atoms with Gasteiger partial charge in [0.1, 0.15) is 12.2 Å². The number of hydrogen-bond acceptors (Lipinski definition) is 3. The monoisotopic (exact) mass is 289 g/mol. The van der Waals surface area contributed by atoms with Crippen LogP contribution in [0.1, 0.15) is 17.2 Å². The van der Waals surface area contributed by atoms with E-state index in [-0.39, 0.29) is 0 Å². The Labute approximate surface area is 122 Å². The molecule has 0 aliphatic rings. The largest absolute Gasteiger partial charge is 0.327 e. The number of benzene rings is 1. The average molecular weight is 290 g/mol. The lowest BCUT2D eigenvalue weighted by Crippen LogP contribution is -2.06. The van der Waals surface area contributed by atoms with Gasteiger partial charge in [-0.05, 0) is 18.6 Å². The molecule has 0 saturated heterocycles. The summed E-state index contributed by atoms with van der Waals surface area (Å²) in [5, 5.41) is 4.30. The minimum absolute atomic E-state index is 0.407. The van der Waals surface area contributed by atoms with Crippen LogP contribution in [-0.4, -0.2) is 24.3 Å². The summed E-state index contributed by atoms with van der Waals surface area (Å²) in [5.41, 5.74) is 3.32. The van der Waals surface area contributed by atoms with Crippen LogP contribution in [0.4, 0.5) is 0 Å². The van der Waals surface area contributed by atoms with Gasteiger partial charge < -0.3 is 4.57 Å². The maximum absolute atomic E-state index is 6.02. The predicted octanol–water partition coefficient (Wildman–Crippen LogP) is 2.45. The molecule has 0 radical (unpaired) electrons. The van der Waals surface area contributed by atoms with E-state index in [1.165, 1.54) is 5.56 Å². The fourth-order valence-electron chi connectivity index (χ4n) is 2.40. The van der Waals surface area contributed by atoms with Crippen molar-refractivity contribution in [1.29, 1.82) is 0 Å². The Morgan fingerprint density at radius 1 is 1.30 bits per heavy atom. The molecule has 3 aromatic rings. The van der Waals surface area contributed by atoms with Gasteiger partial charge in [0.15, 0.2) is 5.82 Å². The number of para-hydroxylation sites is 1. The van der Waals surface area contributed by atoms with E-state index in [4.69, 9.17) is 11.6 Å². The first-order chi connectivity index (χ1) is 9.69.